The Bertz CT molecular complexity index is 454. The van der Waals surface area contributed by atoms with Gasteiger partial charge >= 0.3 is 0 Å². The lowest BCUT2D eigenvalue weighted by atomic mass is 9.98. The van der Waals surface area contributed by atoms with Crippen molar-refractivity contribution in [2.45, 2.75) is 32.1 Å². The van der Waals surface area contributed by atoms with E-state index in [4.69, 9.17) is 4.74 Å². The average Bonchev–Trinajstić information content (AvgIpc) is 2.59. The normalized spacial score (nSPS) is 12.2. The van der Waals surface area contributed by atoms with E-state index in [1.165, 1.54) is 24.2 Å². The molecule has 0 heterocycles. The van der Waals surface area contributed by atoms with Crippen LogP contribution in [0.3, 0.4) is 0 Å². The molecule has 0 saturated heterocycles. The Balaban J connectivity index is 0.00000529. The number of methoxy groups -OCH3 is 1. The van der Waals surface area contributed by atoms with Gasteiger partial charge in [0.15, 0.2) is 5.96 Å². The van der Waals surface area contributed by atoms with Crippen molar-refractivity contribution in [3.05, 3.63) is 29.8 Å². The van der Waals surface area contributed by atoms with Gasteiger partial charge in [-0.2, -0.15) is 11.8 Å². The van der Waals surface area contributed by atoms with Crippen LogP contribution in [0.5, 0.6) is 5.75 Å². The molecule has 1 aromatic carbocycles. The van der Waals surface area contributed by atoms with Crippen LogP contribution in [0.15, 0.2) is 29.3 Å². The minimum Gasteiger partial charge on any atom is -0.497 e. The maximum absolute atomic E-state index is 5.20. The Morgan fingerprint density at radius 2 is 1.83 bits per heavy atom. The molecule has 0 spiro atoms. The van der Waals surface area contributed by atoms with Crippen molar-refractivity contribution in [2.75, 3.05) is 39.3 Å². The average molecular weight is 465 g/mol. The Morgan fingerprint density at radius 3 is 2.42 bits per heavy atom. The van der Waals surface area contributed by atoms with Crippen LogP contribution in [0.4, 0.5) is 0 Å². The highest BCUT2D eigenvalue weighted by atomic mass is 127. The molecule has 0 aromatic heterocycles. The first-order chi connectivity index (χ1) is 11.2. The first-order valence-electron chi connectivity index (χ1n) is 8.28. The van der Waals surface area contributed by atoms with Gasteiger partial charge in [0, 0.05) is 20.1 Å². The molecule has 0 aliphatic rings. The molecule has 1 atom stereocenters. The highest BCUT2D eigenvalue weighted by molar-refractivity contribution is 14.0. The van der Waals surface area contributed by atoms with E-state index in [1.54, 1.807) is 7.11 Å². The molecular formula is C18H32IN3OS. The van der Waals surface area contributed by atoms with E-state index in [-0.39, 0.29) is 24.0 Å². The van der Waals surface area contributed by atoms with Gasteiger partial charge in [0.2, 0.25) is 0 Å². The van der Waals surface area contributed by atoms with E-state index in [0.29, 0.717) is 5.92 Å². The molecular weight excluding hydrogens is 433 g/mol. The fourth-order valence-corrected chi connectivity index (χ4v) is 2.80. The van der Waals surface area contributed by atoms with Gasteiger partial charge in [-0.3, -0.25) is 4.99 Å². The summed E-state index contributed by atoms with van der Waals surface area (Å²) in [7, 11) is 3.52. The number of rotatable bonds is 10. The fourth-order valence-electron chi connectivity index (χ4n) is 2.30. The van der Waals surface area contributed by atoms with Crippen molar-refractivity contribution < 1.29 is 4.74 Å². The Hall–Kier alpha value is -0.630. The number of aliphatic imine (C=N–C) groups is 1. The van der Waals surface area contributed by atoms with Crippen molar-refractivity contribution in [1.82, 2.24) is 10.6 Å². The summed E-state index contributed by atoms with van der Waals surface area (Å²) in [5.41, 5.74) is 1.34. The number of unbranched alkanes of at least 4 members (excludes halogenated alkanes) is 1. The zero-order valence-corrected chi connectivity index (χ0v) is 18.4. The summed E-state index contributed by atoms with van der Waals surface area (Å²) in [5, 5.41) is 6.76. The minimum atomic E-state index is 0. The van der Waals surface area contributed by atoms with Crippen LogP contribution in [-0.4, -0.2) is 45.2 Å². The van der Waals surface area contributed by atoms with Gasteiger partial charge in [0.05, 0.1) is 7.11 Å². The van der Waals surface area contributed by atoms with Crippen LogP contribution in [0, 0.1) is 0 Å². The Kier molecular flexibility index (Phi) is 14.3. The summed E-state index contributed by atoms with van der Waals surface area (Å²) in [4.78, 5) is 4.27. The third kappa shape index (κ3) is 9.61. The largest absolute Gasteiger partial charge is 0.497 e. The molecule has 1 unspecified atom stereocenters. The molecule has 0 saturated carbocycles. The smallest absolute Gasteiger partial charge is 0.190 e. The molecule has 24 heavy (non-hydrogen) atoms. The number of ether oxygens (including phenoxy) is 1. The summed E-state index contributed by atoms with van der Waals surface area (Å²) in [6, 6.07) is 8.33. The fraction of sp³-hybridized carbons (Fsp3) is 0.611. The first kappa shape index (κ1) is 23.4. The monoisotopic (exact) mass is 465 g/mol. The number of hydrogen-bond donors (Lipinski definition) is 2. The summed E-state index contributed by atoms with van der Waals surface area (Å²) in [6.45, 7) is 4.15. The van der Waals surface area contributed by atoms with Crippen LogP contribution >= 0.6 is 35.7 Å². The maximum Gasteiger partial charge on any atom is 0.190 e. The first-order valence-corrected chi connectivity index (χ1v) is 9.68. The van der Waals surface area contributed by atoms with Crippen molar-refractivity contribution in [1.29, 1.82) is 0 Å². The van der Waals surface area contributed by atoms with E-state index in [9.17, 15) is 0 Å². The molecule has 0 radical (unpaired) electrons. The predicted octanol–water partition coefficient (Wildman–Crippen LogP) is 4.12. The number of thioether (sulfide) groups is 1. The molecule has 0 amide bonds. The zero-order chi connectivity index (χ0) is 16.9. The number of hydrogen-bond acceptors (Lipinski definition) is 3. The molecule has 1 rings (SSSR count). The lowest BCUT2D eigenvalue weighted by Crippen LogP contribution is -2.38. The second-order valence-corrected chi connectivity index (χ2v) is 6.57. The summed E-state index contributed by atoms with van der Waals surface area (Å²) in [5.74, 6) is 3.54. The molecule has 4 nitrogen and oxygen atoms in total. The highest BCUT2D eigenvalue weighted by Crippen LogP contribution is 2.21. The Labute approximate surface area is 168 Å². The molecule has 0 aliphatic carbocycles. The minimum absolute atomic E-state index is 0. The van der Waals surface area contributed by atoms with E-state index in [0.717, 1.165) is 31.2 Å². The quantitative estimate of drug-likeness (QED) is 0.236. The van der Waals surface area contributed by atoms with Gasteiger partial charge < -0.3 is 15.4 Å². The van der Waals surface area contributed by atoms with E-state index in [2.05, 4.69) is 40.9 Å². The molecule has 1 aromatic rings. The van der Waals surface area contributed by atoms with Crippen LogP contribution in [0.25, 0.3) is 0 Å². The SMILES string of the molecule is CN=C(NCCCCSC)NCCC(C)c1ccc(OC)cc1.I. The summed E-state index contributed by atoms with van der Waals surface area (Å²) < 4.78 is 5.20. The predicted molar refractivity (Wildman–Crippen MR) is 118 cm³/mol. The number of nitrogens with zero attached hydrogens (tertiary/aromatic N) is 1. The van der Waals surface area contributed by atoms with Crippen LogP contribution in [0.2, 0.25) is 0 Å². The third-order valence-corrected chi connectivity index (χ3v) is 4.54. The van der Waals surface area contributed by atoms with Crippen LogP contribution in [-0.2, 0) is 0 Å². The summed E-state index contributed by atoms with van der Waals surface area (Å²) in [6.07, 6.45) is 5.65. The van der Waals surface area contributed by atoms with Crippen LogP contribution in [0.1, 0.15) is 37.7 Å². The molecule has 0 fully saturated rings. The van der Waals surface area contributed by atoms with Crippen molar-refractivity contribution in [2.24, 2.45) is 4.99 Å². The van der Waals surface area contributed by atoms with Gasteiger partial charge in [-0.1, -0.05) is 19.1 Å². The number of halogens is 1. The Morgan fingerprint density at radius 1 is 1.17 bits per heavy atom. The van der Waals surface area contributed by atoms with Gasteiger partial charge in [0.1, 0.15) is 5.75 Å². The number of guanidine groups is 1. The number of nitrogens with one attached hydrogen (secondary N) is 2. The zero-order valence-electron chi connectivity index (χ0n) is 15.3. The van der Waals surface area contributed by atoms with Gasteiger partial charge in [-0.05, 0) is 54.9 Å². The second kappa shape index (κ2) is 14.7. The highest BCUT2D eigenvalue weighted by Gasteiger charge is 2.06. The van der Waals surface area contributed by atoms with Crippen molar-refractivity contribution in [3.63, 3.8) is 0 Å². The van der Waals surface area contributed by atoms with Gasteiger partial charge in [-0.15, -0.1) is 24.0 Å². The van der Waals surface area contributed by atoms with Gasteiger partial charge in [-0.25, -0.2) is 0 Å². The molecule has 0 bridgehead atoms. The standard InChI is InChI=1S/C18H31N3OS.HI/c1-15(16-7-9-17(22-3)10-8-16)11-13-21-18(19-2)20-12-5-6-14-23-4;/h7-10,15H,5-6,11-14H2,1-4H3,(H2,19,20,21);1H. The molecule has 6 heteroatoms. The second-order valence-electron chi connectivity index (χ2n) is 5.59. The molecule has 2 N–H and O–H groups in total. The van der Waals surface area contributed by atoms with Crippen LogP contribution < -0.4 is 15.4 Å². The lowest BCUT2D eigenvalue weighted by Gasteiger charge is -2.15. The van der Waals surface area contributed by atoms with Gasteiger partial charge in [0.25, 0.3) is 0 Å². The van der Waals surface area contributed by atoms with Crippen molar-refractivity contribution >= 4 is 41.7 Å². The third-order valence-electron chi connectivity index (χ3n) is 3.85. The molecule has 138 valence electrons. The van der Waals surface area contributed by atoms with E-state index >= 15 is 0 Å². The van der Waals surface area contributed by atoms with Crippen molar-refractivity contribution in [3.8, 4) is 5.75 Å². The number of benzene rings is 1. The summed E-state index contributed by atoms with van der Waals surface area (Å²) >= 11 is 1.90. The topological polar surface area (TPSA) is 45.7 Å². The van der Waals surface area contributed by atoms with E-state index in [1.807, 2.05) is 30.9 Å². The maximum atomic E-state index is 5.20. The lowest BCUT2D eigenvalue weighted by molar-refractivity contribution is 0.414. The van der Waals surface area contributed by atoms with E-state index < -0.39 is 0 Å². The molecule has 0 aliphatic heterocycles.